The number of anilines is 2. The van der Waals surface area contributed by atoms with Gasteiger partial charge in [0.25, 0.3) is 0 Å². The average molecular weight is 479 g/mol. The molecule has 0 atom stereocenters. The lowest BCUT2D eigenvalue weighted by Gasteiger charge is -2.37. The fourth-order valence-corrected chi connectivity index (χ4v) is 4.84. The highest BCUT2D eigenvalue weighted by Gasteiger charge is 2.22. The third-order valence-corrected chi connectivity index (χ3v) is 6.86. The zero-order chi connectivity index (χ0) is 24.0. The Morgan fingerprint density at radius 1 is 0.771 bits per heavy atom. The molecular formula is C30H27ClN4. The molecule has 0 bridgehead atoms. The van der Waals surface area contributed by atoms with Crippen LogP contribution >= 0.6 is 11.6 Å². The quantitative estimate of drug-likeness (QED) is 0.322. The molecule has 0 radical (unpaired) electrons. The Morgan fingerprint density at radius 2 is 1.49 bits per heavy atom. The van der Waals surface area contributed by atoms with E-state index in [1.54, 1.807) is 0 Å². The molecule has 0 unspecified atom stereocenters. The van der Waals surface area contributed by atoms with Crippen molar-refractivity contribution in [2.75, 3.05) is 36.0 Å². The number of benzene rings is 3. The normalized spacial score (nSPS) is 13.5. The molecule has 0 saturated carbocycles. The number of pyridine rings is 1. The maximum Gasteiger partial charge on any atom is 0.128 e. The van der Waals surface area contributed by atoms with Crippen LogP contribution in [0.2, 0.25) is 5.02 Å². The van der Waals surface area contributed by atoms with E-state index < -0.39 is 0 Å². The molecule has 0 amide bonds. The molecule has 3 aromatic carbocycles. The predicted octanol–water partition coefficient (Wildman–Crippen LogP) is 6.39. The summed E-state index contributed by atoms with van der Waals surface area (Å²) in [7, 11) is 0. The number of halogens is 1. The number of piperazine rings is 1. The molecule has 35 heavy (non-hydrogen) atoms. The van der Waals surface area contributed by atoms with Crippen LogP contribution in [0.15, 0.2) is 91.1 Å². The Kier molecular flexibility index (Phi) is 6.97. The second-order valence-corrected chi connectivity index (χ2v) is 9.23. The summed E-state index contributed by atoms with van der Waals surface area (Å²) < 4.78 is 0. The Balaban J connectivity index is 1.47. The SMILES string of the molecule is N#Cc1c(CCc2ccccc2)cc(-c2ccc(Cl)cc2)cc1N1CCN(c2ccccn2)CC1. The van der Waals surface area contributed by atoms with Gasteiger partial charge in [-0.05, 0) is 71.5 Å². The van der Waals surface area contributed by atoms with Gasteiger partial charge in [0, 0.05) is 37.4 Å². The Bertz CT molecular complexity index is 1310. The highest BCUT2D eigenvalue weighted by Crippen LogP contribution is 2.33. The van der Waals surface area contributed by atoms with Crippen molar-refractivity contribution in [3.63, 3.8) is 0 Å². The Morgan fingerprint density at radius 3 is 2.17 bits per heavy atom. The lowest BCUT2D eigenvalue weighted by Crippen LogP contribution is -2.47. The van der Waals surface area contributed by atoms with Crippen molar-refractivity contribution >= 4 is 23.1 Å². The molecular weight excluding hydrogens is 452 g/mol. The molecule has 1 aliphatic rings. The van der Waals surface area contributed by atoms with Crippen LogP contribution in [0.1, 0.15) is 16.7 Å². The van der Waals surface area contributed by atoms with Crippen molar-refractivity contribution < 1.29 is 0 Å². The second kappa shape index (κ2) is 10.6. The van der Waals surface area contributed by atoms with Gasteiger partial charge in [-0.15, -0.1) is 0 Å². The Labute approximate surface area is 212 Å². The lowest BCUT2D eigenvalue weighted by atomic mass is 9.93. The number of aryl methyl sites for hydroxylation is 2. The molecule has 174 valence electrons. The number of hydrogen-bond acceptors (Lipinski definition) is 4. The van der Waals surface area contributed by atoms with E-state index in [2.05, 4.69) is 63.3 Å². The minimum atomic E-state index is 0.720. The van der Waals surface area contributed by atoms with Gasteiger partial charge in [-0.3, -0.25) is 0 Å². The molecule has 1 saturated heterocycles. The molecule has 0 aliphatic carbocycles. The summed E-state index contributed by atoms with van der Waals surface area (Å²) in [6.07, 6.45) is 3.55. The fraction of sp³-hybridized carbons (Fsp3) is 0.200. The van der Waals surface area contributed by atoms with E-state index in [0.29, 0.717) is 0 Å². The van der Waals surface area contributed by atoms with E-state index in [1.165, 1.54) is 5.56 Å². The third kappa shape index (κ3) is 5.31. The molecule has 4 aromatic rings. The van der Waals surface area contributed by atoms with E-state index in [-0.39, 0.29) is 0 Å². The van der Waals surface area contributed by atoms with Gasteiger partial charge in [0.2, 0.25) is 0 Å². The summed E-state index contributed by atoms with van der Waals surface area (Å²) in [5.41, 5.74) is 6.39. The maximum absolute atomic E-state index is 10.2. The summed E-state index contributed by atoms with van der Waals surface area (Å²) in [5.74, 6) is 1.01. The summed E-state index contributed by atoms with van der Waals surface area (Å²) in [6.45, 7) is 3.42. The highest BCUT2D eigenvalue weighted by molar-refractivity contribution is 6.30. The van der Waals surface area contributed by atoms with Crippen LogP contribution in [0, 0.1) is 11.3 Å². The van der Waals surface area contributed by atoms with E-state index >= 15 is 0 Å². The molecule has 1 aromatic heterocycles. The van der Waals surface area contributed by atoms with Crippen molar-refractivity contribution in [1.29, 1.82) is 5.26 Å². The average Bonchev–Trinajstić information content (AvgIpc) is 2.93. The van der Waals surface area contributed by atoms with Crippen LogP contribution in [-0.2, 0) is 12.8 Å². The summed E-state index contributed by atoms with van der Waals surface area (Å²) in [4.78, 5) is 9.16. The number of nitrogens with zero attached hydrogens (tertiary/aromatic N) is 4. The molecule has 1 aliphatic heterocycles. The largest absolute Gasteiger partial charge is 0.367 e. The first-order valence-corrected chi connectivity index (χ1v) is 12.4. The molecule has 4 nitrogen and oxygen atoms in total. The molecule has 1 fully saturated rings. The summed E-state index contributed by atoms with van der Waals surface area (Å²) in [6, 6.07) is 31.3. The topological polar surface area (TPSA) is 43.2 Å². The van der Waals surface area contributed by atoms with Crippen LogP contribution in [-0.4, -0.2) is 31.2 Å². The van der Waals surface area contributed by atoms with Crippen LogP contribution in [0.4, 0.5) is 11.5 Å². The second-order valence-electron chi connectivity index (χ2n) is 8.80. The number of nitriles is 1. The van der Waals surface area contributed by atoms with E-state index in [0.717, 1.165) is 77.8 Å². The van der Waals surface area contributed by atoms with Crippen molar-refractivity contribution in [2.24, 2.45) is 0 Å². The van der Waals surface area contributed by atoms with E-state index in [1.807, 2.05) is 48.7 Å². The molecule has 0 N–H and O–H groups in total. The summed E-state index contributed by atoms with van der Waals surface area (Å²) in [5, 5.41) is 11.0. The maximum atomic E-state index is 10.2. The van der Waals surface area contributed by atoms with Gasteiger partial charge < -0.3 is 9.80 Å². The molecule has 2 heterocycles. The van der Waals surface area contributed by atoms with Gasteiger partial charge in [0.05, 0.1) is 11.3 Å². The zero-order valence-electron chi connectivity index (χ0n) is 19.6. The Hall–Kier alpha value is -3.81. The third-order valence-electron chi connectivity index (χ3n) is 6.61. The molecule has 5 heteroatoms. The summed E-state index contributed by atoms with van der Waals surface area (Å²) >= 11 is 6.15. The van der Waals surface area contributed by atoms with Gasteiger partial charge in [-0.2, -0.15) is 5.26 Å². The lowest BCUT2D eigenvalue weighted by molar-refractivity contribution is 0.647. The van der Waals surface area contributed by atoms with E-state index in [9.17, 15) is 5.26 Å². The van der Waals surface area contributed by atoms with Crippen molar-refractivity contribution in [3.05, 3.63) is 113 Å². The number of aromatic nitrogens is 1. The highest BCUT2D eigenvalue weighted by atomic mass is 35.5. The first-order valence-electron chi connectivity index (χ1n) is 12.0. The minimum absolute atomic E-state index is 0.720. The molecule has 0 spiro atoms. The van der Waals surface area contributed by atoms with Gasteiger partial charge in [0.15, 0.2) is 0 Å². The van der Waals surface area contributed by atoms with Crippen molar-refractivity contribution in [1.82, 2.24) is 4.98 Å². The predicted molar refractivity (Wildman–Crippen MR) is 144 cm³/mol. The van der Waals surface area contributed by atoms with Crippen LogP contribution in [0.5, 0.6) is 0 Å². The van der Waals surface area contributed by atoms with Gasteiger partial charge in [0.1, 0.15) is 11.9 Å². The standard InChI is InChI=1S/C30H27ClN4/c31-27-13-11-24(12-14-27)26-20-25(10-9-23-6-2-1-3-7-23)28(22-32)29(21-26)34-16-18-35(19-17-34)30-8-4-5-15-33-30/h1-8,11-15,20-21H,9-10,16-19H2. The van der Waals surface area contributed by atoms with Crippen molar-refractivity contribution in [3.8, 4) is 17.2 Å². The van der Waals surface area contributed by atoms with E-state index in [4.69, 9.17) is 11.6 Å². The van der Waals surface area contributed by atoms with Crippen LogP contribution in [0.3, 0.4) is 0 Å². The van der Waals surface area contributed by atoms with Crippen LogP contribution < -0.4 is 9.80 Å². The van der Waals surface area contributed by atoms with Gasteiger partial charge in [-0.25, -0.2) is 4.98 Å². The van der Waals surface area contributed by atoms with Crippen molar-refractivity contribution in [2.45, 2.75) is 12.8 Å². The molecule has 5 rings (SSSR count). The number of rotatable bonds is 6. The minimum Gasteiger partial charge on any atom is -0.367 e. The monoisotopic (exact) mass is 478 g/mol. The first kappa shape index (κ1) is 23.0. The zero-order valence-corrected chi connectivity index (χ0v) is 20.3. The van der Waals surface area contributed by atoms with Gasteiger partial charge in [-0.1, -0.05) is 60.1 Å². The first-order chi connectivity index (χ1) is 17.2. The van der Waals surface area contributed by atoms with Crippen LogP contribution in [0.25, 0.3) is 11.1 Å². The smallest absolute Gasteiger partial charge is 0.128 e. The number of hydrogen-bond donors (Lipinski definition) is 0. The van der Waals surface area contributed by atoms with Gasteiger partial charge >= 0.3 is 0 Å². The fourth-order valence-electron chi connectivity index (χ4n) is 4.71.